The summed E-state index contributed by atoms with van der Waals surface area (Å²) in [7, 11) is -2.94. The number of sulfonamides is 1. The maximum Gasteiger partial charge on any atom is 0.295 e. The van der Waals surface area contributed by atoms with Crippen LogP contribution in [0.2, 0.25) is 0 Å². The van der Waals surface area contributed by atoms with E-state index in [1.54, 1.807) is 12.1 Å². The fraction of sp³-hybridized carbons (Fsp3) is 0.278. The topological polar surface area (TPSA) is 98.5 Å². The van der Waals surface area contributed by atoms with Gasteiger partial charge in [-0.15, -0.1) is 0 Å². The van der Waals surface area contributed by atoms with E-state index in [4.69, 9.17) is 9.88 Å². The van der Waals surface area contributed by atoms with Crippen molar-refractivity contribution in [1.82, 2.24) is 5.32 Å². The molecule has 0 aliphatic carbocycles. The fourth-order valence-corrected chi connectivity index (χ4v) is 2.97. The van der Waals surface area contributed by atoms with E-state index in [9.17, 15) is 13.2 Å². The Labute approximate surface area is 148 Å². The summed E-state index contributed by atoms with van der Waals surface area (Å²) in [6.45, 7) is 2.75. The van der Waals surface area contributed by atoms with Crippen LogP contribution >= 0.6 is 0 Å². The standard InChI is InChI=1S/C18H22N2O4S/c1-13(20-12-14-6-4-3-5-7-14)10-15-8-9-17(24-2)16(11-15)18(21)25(19,22)23/h3-9,11,13,20H,10,12H2,1-2H3,(H2,19,22,23)/t13-/m1/s1. The van der Waals surface area contributed by atoms with Crippen LogP contribution in [0.15, 0.2) is 48.5 Å². The molecule has 0 saturated heterocycles. The van der Waals surface area contributed by atoms with Gasteiger partial charge in [-0.3, -0.25) is 4.79 Å². The Morgan fingerprint density at radius 2 is 1.84 bits per heavy atom. The van der Waals surface area contributed by atoms with Crippen molar-refractivity contribution in [3.05, 3.63) is 65.2 Å². The van der Waals surface area contributed by atoms with E-state index in [-0.39, 0.29) is 17.4 Å². The zero-order valence-corrected chi connectivity index (χ0v) is 15.0. The van der Waals surface area contributed by atoms with E-state index in [0.29, 0.717) is 6.42 Å². The molecule has 0 aromatic heterocycles. The number of nitrogens with two attached hydrogens (primary N) is 1. The Morgan fingerprint density at radius 3 is 2.44 bits per heavy atom. The van der Waals surface area contributed by atoms with Crippen LogP contribution in [0, 0.1) is 0 Å². The molecule has 6 nitrogen and oxygen atoms in total. The molecule has 0 aliphatic rings. The molecule has 2 rings (SSSR count). The lowest BCUT2D eigenvalue weighted by Crippen LogP contribution is -2.28. The van der Waals surface area contributed by atoms with Crippen LogP contribution in [0.5, 0.6) is 5.75 Å². The summed E-state index contributed by atoms with van der Waals surface area (Å²) in [5, 5.41) is 7.21. The molecule has 134 valence electrons. The summed E-state index contributed by atoms with van der Waals surface area (Å²) < 4.78 is 27.8. The molecule has 0 bridgehead atoms. The lowest BCUT2D eigenvalue weighted by molar-refractivity contribution is 0.107. The van der Waals surface area contributed by atoms with Gasteiger partial charge in [-0.05, 0) is 36.6 Å². The Morgan fingerprint density at radius 1 is 1.16 bits per heavy atom. The number of carbonyl (C=O) groups excluding carboxylic acids is 1. The Hall–Kier alpha value is -2.22. The maximum atomic E-state index is 12.0. The molecule has 7 heteroatoms. The largest absolute Gasteiger partial charge is 0.496 e. The first-order valence-electron chi connectivity index (χ1n) is 7.82. The predicted molar refractivity (Wildman–Crippen MR) is 96.9 cm³/mol. The first-order chi connectivity index (χ1) is 11.8. The van der Waals surface area contributed by atoms with Crippen molar-refractivity contribution in [2.45, 2.75) is 25.9 Å². The molecular weight excluding hydrogens is 340 g/mol. The summed E-state index contributed by atoms with van der Waals surface area (Å²) in [4.78, 5) is 12.0. The van der Waals surface area contributed by atoms with Crippen molar-refractivity contribution in [2.24, 2.45) is 5.14 Å². The van der Waals surface area contributed by atoms with Crippen molar-refractivity contribution < 1.29 is 17.9 Å². The number of nitrogens with one attached hydrogen (secondary N) is 1. The number of rotatable bonds is 7. The van der Waals surface area contributed by atoms with E-state index in [2.05, 4.69) is 5.32 Å². The number of methoxy groups -OCH3 is 1. The predicted octanol–water partition coefficient (Wildman–Crippen LogP) is 1.84. The number of hydrogen-bond donors (Lipinski definition) is 2. The third-order valence-corrected chi connectivity index (χ3v) is 4.52. The average molecular weight is 362 g/mol. The summed E-state index contributed by atoms with van der Waals surface area (Å²) >= 11 is 0. The van der Waals surface area contributed by atoms with Gasteiger partial charge in [-0.2, -0.15) is 0 Å². The van der Waals surface area contributed by atoms with Gasteiger partial charge in [0.1, 0.15) is 5.75 Å². The van der Waals surface area contributed by atoms with Crippen LogP contribution in [-0.2, 0) is 23.0 Å². The highest BCUT2D eigenvalue weighted by molar-refractivity contribution is 8.04. The minimum Gasteiger partial charge on any atom is -0.496 e. The van der Waals surface area contributed by atoms with Crippen molar-refractivity contribution in [2.75, 3.05) is 7.11 Å². The molecule has 0 fully saturated rings. The molecule has 2 aromatic rings. The third-order valence-electron chi connectivity index (χ3n) is 3.78. The average Bonchev–Trinajstić information content (AvgIpc) is 2.59. The van der Waals surface area contributed by atoms with Gasteiger partial charge in [0.15, 0.2) is 0 Å². The van der Waals surface area contributed by atoms with E-state index in [0.717, 1.165) is 12.1 Å². The highest BCUT2D eigenvalue weighted by Gasteiger charge is 2.23. The van der Waals surface area contributed by atoms with Crippen LogP contribution in [0.4, 0.5) is 0 Å². The zero-order valence-electron chi connectivity index (χ0n) is 14.2. The highest BCUT2D eigenvalue weighted by Crippen LogP contribution is 2.22. The fourth-order valence-electron chi connectivity index (χ4n) is 2.51. The third kappa shape index (κ3) is 5.38. The molecule has 0 radical (unpaired) electrons. The molecule has 3 N–H and O–H groups in total. The van der Waals surface area contributed by atoms with Gasteiger partial charge in [0.2, 0.25) is 0 Å². The minimum atomic E-state index is -4.31. The van der Waals surface area contributed by atoms with Gasteiger partial charge >= 0.3 is 0 Å². The molecular formula is C18H22N2O4S. The van der Waals surface area contributed by atoms with Crippen LogP contribution < -0.4 is 15.2 Å². The molecule has 2 aromatic carbocycles. The molecule has 0 heterocycles. The Kier molecular flexibility index (Phi) is 6.30. The van der Waals surface area contributed by atoms with Crippen LogP contribution in [0.1, 0.15) is 28.4 Å². The SMILES string of the molecule is COc1ccc(C[C@@H](C)NCc2ccccc2)cc1C(=O)S(N)(=O)=O. The molecule has 0 spiro atoms. The van der Waals surface area contributed by atoms with Crippen molar-refractivity contribution >= 4 is 15.1 Å². The van der Waals surface area contributed by atoms with E-state index < -0.39 is 15.1 Å². The Bertz CT molecular complexity index is 835. The number of hydrogen-bond acceptors (Lipinski definition) is 5. The quantitative estimate of drug-likeness (QED) is 0.783. The van der Waals surface area contributed by atoms with Gasteiger partial charge in [-0.1, -0.05) is 36.4 Å². The second-order valence-corrected chi connectivity index (χ2v) is 7.30. The van der Waals surface area contributed by atoms with E-state index in [1.807, 2.05) is 37.3 Å². The summed E-state index contributed by atoms with van der Waals surface area (Å²) in [6, 6.07) is 15.0. The summed E-state index contributed by atoms with van der Waals surface area (Å²) in [5.74, 6) is 0.188. The number of carbonyl (C=O) groups is 1. The first kappa shape index (κ1) is 19.1. The van der Waals surface area contributed by atoms with E-state index >= 15 is 0 Å². The molecule has 0 amide bonds. The zero-order chi connectivity index (χ0) is 18.4. The molecule has 0 aliphatic heterocycles. The number of primary sulfonamides is 1. The van der Waals surface area contributed by atoms with Crippen LogP contribution in [-0.4, -0.2) is 26.7 Å². The van der Waals surface area contributed by atoms with Crippen molar-refractivity contribution in [1.29, 1.82) is 0 Å². The highest BCUT2D eigenvalue weighted by atomic mass is 32.2. The monoisotopic (exact) mass is 362 g/mol. The molecule has 25 heavy (non-hydrogen) atoms. The molecule has 1 atom stereocenters. The second-order valence-electron chi connectivity index (χ2n) is 5.84. The van der Waals surface area contributed by atoms with Gasteiger partial charge in [-0.25, -0.2) is 13.6 Å². The normalized spacial score (nSPS) is 12.6. The van der Waals surface area contributed by atoms with Crippen molar-refractivity contribution in [3.8, 4) is 5.75 Å². The van der Waals surface area contributed by atoms with Crippen molar-refractivity contribution in [3.63, 3.8) is 0 Å². The smallest absolute Gasteiger partial charge is 0.295 e. The molecule has 0 saturated carbocycles. The van der Waals surface area contributed by atoms with Gasteiger partial charge in [0, 0.05) is 12.6 Å². The summed E-state index contributed by atoms with van der Waals surface area (Å²) in [6.07, 6.45) is 0.627. The van der Waals surface area contributed by atoms with E-state index in [1.165, 1.54) is 18.7 Å². The first-order valence-corrected chi connectivity index (χ1v) is 9.37. The summed E-state index contributed by atoms with van der Waals surface area (Å²) in [5.41, 5.74) is 1.95. The maximum absolute atomic E-state index is 12.0. The van der Waals surface area contributed by atoms with Crippen LogP contribution in [0.25, 0.3) is 0 Å². The lowest BCUT2D eigenvalue weighted by atomic mass is 10.0. The number of benzene rings is 2. The minimum absolute atomic E-state index is 0.0437. The van der Waals surface area contributed by atoms with Gasteiger partial charge < -0.3 is 10.1 Å². The molecule has 0 unspecified atom stereocenters. The van der Waals surface area contributed by atoms with Gasteiger partial charge in [0.25, 0.3) is 15.1 Å². The Balaban J connectivity index is 2.10. The second kappa shape index (κ2) is 8.24. The van der Waals surface area contributed by atoms with Crippen LogP contribution in [0.3, 0.4) is 0 Å². The number of ether oxygens (including phenoxy) is 1. The van der Waals surface area contributed by atoms with Gasteiger partial charge in [0.05, 0.1) is 12.7 Å². The lowest BCUT2D eigenvalue weighted by Gasteiger charge is -2.15.